The Morgan fingerprint density at radius 3 is 2.89 bits per heavy atom. The van der Waals surface area contributed by atoms with Crippen molar-refractivity contribution in [1.82, 2.24) is 0 Å². The fraction of sp³-hybridized carbons (Fsp3) is 0.462. The number of nitrogen functional groups attached to an aromatic ring is 1. The fourth-order valence-electron chi connectivity index (χ4n) is 1.76. The molecular formula is C13H17ClN2O3. The van der Waals surface area contributed by atoms with E-state index in [0.717, 1.165) is 12.5 Å². The Morgan fingerprint density at radius 1 is 1.53 bits per heavy atom. The van der Waals surface area contributed by atoms with Crippen LogP contribution in [0.3, 0.4) is 0 Å². The molecule has 0 radical (unpaired) electrons. The van der Waals surface area contributed by atoms with Crippen LogP contribution in [-0.2, 0) is 4.74 Å². The first kappa shape index (κ1) is 14.0. The molecule has 2 rings (SSSR count). The zero-order chi connectivity index (χ0) is 13.8. The molecule has 1 aliphatic carbocycles. The normalized spacial score (nSPS) is 14.4. The second-order valence-electron chi connectivity index (χ2n) is 4.68. The van der Waals surface area contributed by atoms with Crippen LogP contribution in [0.15, 0.2) is 12.1 Å². The van der Waals surface area contributed by atoms with Gasteiger partial charge in [0, 0.05) is 18.8 Å². The minimum Gasteiger partial charge on any atom is -0.478 e. The summed E-state index contributed by atoms with van der Waals surface area (Å²) in [6, 6.07) is 2.92. The van der Waals surface area contributed by atoms with E-state index in [1.807, 2.05) is 0 Å². The molecule has 0 heterocycles. The minimum atomic E-state index is -1.06. The molecule has 0 unspecified atom stereocenters. The third-order valence-corrected chi connectivity index (χ3v) is 3.24. The lowest BCUT2D eigenvalue weighted by Crippen LogP contribution is -2.14. The number of nitrogens with two attached hydrogens (primary N) is 1. The molecule has 0 atom stereocenters. The lowest BCUT2D eigenvalue weighted by molar-refractivity contribution is 0.0698. The Kier molecular flexibility index (Phi) is 4.50. The molecule has 1 saturated carbocycles. The standard InChI is InChI=1S/C13H17ClN2O3/c14-11-6-9(15)5-10(13(17)18)12(11)16-3-4-19-7-8-1-2-8/h5-6,8,16H,1-4,7,15H2,(H,17,18). The smallest absolute Gasteiger partial charge is 0.337 e. The molecule has 1 aromatic rings. The van der Waals surface area contributed by atoms with Gasteiger partial charge in [0.25, 0.3) is 0 Å². The molecule has 1 fully saturated rings. The number of carboxylic acid groups (broad SMARTS) is 1. The van der Waals surface area contributed by atoms with Crippen molar-refractivity contribution >= 4 is 28.9 Å². The van der Waals surface area contributed by atoms with E-state index in [1.165, 1.54) is 25.0 Å². The maximum atomic E-state index is 11.1. The van der Waals surface area contributed by atoms with Crippen molar-refractivity contribution in [3.8, 4) is 0 Å². The van der Waals surface area contributed by atoms with Gasteiger partial charge in [-0.05, 0) is 30.9 Å². The number of benzene rings is 1. The number of aromatic carboxylic acids is 1. The summed E-state index contributed by atoms with van der Waals surface area (Å²) in [7, 11) is 0. The number of nitrogens with one attached hydrogen (secondary N) is 1. The summed E-state index contributed by atoms with van der Waals surface area (Å²) in [5.41, 5.74) is 6.38. The van der Waals surface area contributed by atoms with Gasteiger partial charge in [0.2, 0.25) is 0 Å². The van der Waals surface area contributed by atoms with Crippen molar-refractivity contribution in [2.24, 2.45) is 5.92 Å². The Morgan fingerprint density at radius 2 is 2.26 bits per heavy atom. The Balaban J connectivity index is 1.91. The molecule has 4 N–H and O–H groups in total. The van der Waals surface area contributed by atoms with Gasteiger partial charge < -0.3 is 20.9 Å². The third kappa shape index (κ3) is 4.01. The van der Waals surface area contributed by atoms with E-state index in [9.17, 15) is 4.79 Å². The van der Waals surface area contributed by atoms with Crippen LogP contribution in [0.4, 0.5) is 11.4 Å². The predicted molar refractivity (Wildman–Crippen MR) is 74.9 cm³/mol. The van der Waals surface area contributed by atoms with Gasteiger partial charge in [-0.3, -0.25) is 0 Å². The molecule has 6 heteroatoms. The summed E-state index contributed by atoms with van der Waals surface area (Å²) in [6.45, 7) is 1.82. The summed E-state index contributed by atoms with van der Waals surface area (Å²) in [4.78, 5) is 11.1. The first-order chi connectivity index (χ1) is 9.08. The lowest BCUT2D eigenvalue weighted by Gasteiger charge is -2.12. The number of halogens is 1. The Hall–Kier alpha value is -1.46. The van der Waals surface area contributed by atoms with E-state index in [2.05, 4.69) is 5.32 Å². The number of hydrogen-bond donors (Lipinski definition) is 3. The summed E-state index contributed by atoms with van der Waals surface area (Å²) in [5, 5.41) is 12.4. The number of ether oxygens (including phenoxy) is 1. The molecule has 0 aromatic heterocycles. The molecule has 0 bridgehead atoms. The average molecular weight is 285 g/mol. The van der Waals surface area contributed by atoms with Gasteiger partial charge in [0.1, 0.15) is 0 Å². The van der Waals surface area contributed by atoms with E-state index in [1.54, 1.807) is 0 Å². The SMILES string of the molecule is Nc1cc(Cl)c(NCCOCC2CC2)c(C(=O)O)c1. The molecule has 1 aliphatic rings. The highest BCUT2D eigenvalue weighted by Gasteiger charge is 2.21. The zero-order valence-corrected chi connectivity index (χ0v) is 11.2. The number of anilines is 2. The molecule has 0 aliphatic heterocycles. The Bertz CT molecular complexity index is 475. The van der Waals surface area contributed by atoms with Crippen LogP contribution in [0.2, 0.25) is 5.02 Å². The van der Waals surface area contributed by atoms with Crippen LogP contribution in [0.1, 0.15) is 23.2 Å². The minimum absolute atomic E-state index is 0.0761. The van der Waals surface area contributed by atoms with E-state index < -0.39 is 5.97 Å². The summed E-state index contributed by atoms with van der Waals surface area (Å²) in [6.07, 6.45) is 2.50. The van der Waals surface area contributed by atoms with Crippen LogP contribution >= 0.6 is 11.6 Å². The topological polar surface area (TPSA) is 84.6 Å². The Labute approximate surface area is 116 Å². The molecule has 19 heavy (non-hydrogen) atoms. The van der Waals surface area contributed by atoms with E-state index in [0.29, 0.717) is 29.5 Å². The highest BCUT2D eigenvalue weighted by molar-refractivity contribution is 6.34. The number of carboxylic acids is 1. The van der Waals surface area contributed by atoms with Crippen molar-refractivity contribution < 1.29 is 14.6 Å². The van der Waals surface area contributed by atoms with Crippen LogP contribution in [-0.4, -0.2) is 30.8 Å². The summed E-state index contributed by atoms with van der Waals surface area (Å²) in [5.74, 6) is -0.342. The summed E-state index contributed by atoms with van der Waals surface area (Å²) < 4.78 is 5.47. The quantitative estimate of drug-likeness (QED) is 0.529. The van der Waals surface area contributed by atoms with Gasteiger partial charge in [-0.1, -0.05) is 11.6 Å². The first-order valence-corrected chi connectivity index (χ1v) is 6.59. The van der Waals surface area contributed by atoms with E-state index in [4.69, 9.17) is 27.2 Å². The molecule has 104 valence electrons. The second kappa shape index (κ2) is 6.12. The van der Waals surface area contributed by atoms with Crippen molar-refractivity contribution in [3.05, 3.63) is 22.7 Å². The van der Waals surface area contributed by atoms with Crippen molar-refractivity contribution in [2.75, 3.05) is 30.8 Å². The molecule has 1 aromatic carbocycles. The van der Waals surface area contributed by atoms with Gasteiger partial charge in [-0.2, -0.15) is 0 Å². The maximum Gasteiger partial charge on any atom is 0.337 e. The molecular weight excluding hydrogens is 268 g/mol. The van der Waals surface area contributed by atoms with Crippen molar-refractivity contribution in [3.63, 3.8) is 0 Å². The largest absolute Gasteiger partial charge is 0.478 e. The lowest BCUT2D eigenvalue weighted by atomic mass is 10.1. The maximum absolute atomic E-state index is 11.1. The van der Waals surface area contributed by atoms with Crippen LogP contribution < -0.4 is 11.1 Å². The molecule has 0 spiro atoms. The van der Waals surface area contributed by atoms with Crippen LogP contribution in [0.25, 0.3) is 0 Å². The molecule has 5 nitrogen and oxygen atoms in total. The zero-order valence-electron chi connectivity index (χ0n) is 10.5. The first-order valence-electron chi connectivity index (χ1n) is 6.22. The monoisotopic (exact) mass is 284 g/mol. The van der Waals surface area contributed by atoms with Crippen molar-refractivity contribution in [2.45, 2.75) is 12.8 Å². The number of carbonyl (C=O) groups is 1. The average Bonchev–Trinajstić information content (AvgIpc) is 3.14. The highest BCUT2D eigenvalue weighted by Crippen LogP contribution is 2.30. The van der Waals surface area contributed by atoms with Gasteiger partial charge in [-0.25, -0.2) is 4.79 Å². The highest BCUT2D eigenvalue weighted by atomic mass is 35.5. The number of rotatable bonds is 7. The predicted octanol–water partition coefficient (Wildman–Crippen LogP) is 2.46. The second-order valence-corrected chi connectivity index (χ2v) is 5.08. The molecule has 0 saturated heterocycles. The third-order valence-electron chi connectivity index (χ3n) is 2.94. The number of hydrogen-bond acceptors (Lipinski definition) is 4. The van der Waals surface area contributed by atoms with Crippen LogP contribution in [0, 0.1) is 5.92 Å². The van der Waals surface area contributed by atoms with Gasteiger partial charge >= 0.3 is 5.97 Å². The summed E-state index contributed by atoms with van der Waals surface area (Å²) >= 11 is 6.01. The van der Waals surface area contributed by atoms with Gasteiger partial charge in [0.05, 0.1) is 22.9 Å². The molecule has 0 amide bonds. The van der Waals surface area contributed by atoms with E-state index >= 15 is 0 Å². The fourth-order valence-corrected chi connectivity index (χ4v) is 2.05. The van der Waals surface area contributed by atoms with E-state index in [-0.39, 0.29) is 5.56 Å². The van der Waals surface area contributed by atoms with Crippen molar-refractivity contribution in [1.29, 1.82) is 0 Å². The van der Waals surface area contributed by atoms with Gasteiger partial charge in [-0.15, -0.1) is 0 Å². The van der Waals surface area contributed by atoms with Crippen LogP contribution in [0.5, 0.6) is 0 Å². The van der Waals surface area contributed by atoms with Gasteiger partial charge in [0.15, 0.2) is 0 Å².